The molecule has 16 heavy (non-hydrogen) atoms. The molecule has 0 saturated heterocycles. The predicted octanol–water partition coefficient (Wildman–Crippen LogP) is 1.71. The number of aliphatic hydroxyl groups excluding tert-OH is 1. The van der Waals surface area contributed by atoms with Crippen LogP contribution < -0.4 is 0 Å². The summed E-state index contributed by atoms with van der Waals surface area (Å²) in [5.74, 6) is 0.839. The van der Waals surface area contributed by atoms with Gasteiger partial charge in [-0.15, -0.1) is 0 Å². The van der Waals surface area contributed by atoms with Crippen molar-refractivity contribution in [3.8, 4) is 0 Å². The van der Waals surface area contributed by atoms with Gasteiger partial charge in [-0.05, 0) is 19.9 Å². The van der Waals surface area contributed by atoms with Crippen LogP contribution >= 0.6 is 0 Å². The van der Waals surface area contributed by atoms with E-state index >= 15 is 0 Å². The summed E-state index contributed by atoms with van der Waals surface area (Å²) < 4.78 is 9.95. The number of aliphatic hydroxyl groups is 1. The molecule has 0 aliphatic carbocycles. The number of ether oxygens (including phenoxy) is 1. The minimum absolute atomic E-state index is 0.636. The van der Waals surface area contributed by atoms with Gasteiger partial charge in [-0.25, -0.2) is 4.79 Å². The molecule has 0 amide bonds. The van der Waals surface area contributed by atoms with Crippen LogP contribution in [0.15, 0.2) is 10.5 Å². The fourth-order valence-electron chi connectivity index (χ4n) is 1.82. The highest BCUT2D eigenvalue weighted by Crippen LogP contribution is 2.32. The summed E-state index contributed by atoms with van der Waals surface area (Å²) in [5, 5.41) is 9.92. The standard InChI is InChI=1S/C12H18O4/c1-7-6-9(8(2)16-7)12(3,4)10(13)11(14)15-5/h6,10,13H,1-5H3. The molecule has 90 valence electrons. The SMILES string of the molecule is COC(=O)C(O)C(C)(C)c1cc(C)oc1C. The summed E-state index contributed by atoms with van der Waals surface area (Å²) >= 11 is 0. The maximum absolute atomic E-state index is 11.3. The van der Waals surface area contributed by atoms with Gasteiger partial charge in [0.1, 0.15) is 11.5 Å². The quantitative estimate of drug-likeness (QED) is 0.797. The van der Waals surface area contributed by atoms with E-state index < -0.39 is 17.5 Å². The van der Waals surface area contributed by atoms with E-state index in [1.54, 1.807) is 13.8 Å². The number of aryl methyl sites for hydroxylation is 2. The second-order valence-corrected chi connectivity index (χ2v) is 4.47. The molecule has 4 nitrogen and oxygen atoms in total. The molecule has 1 rings (SSSR count). The van der Waals surface area contributed by atoms with Gasteiger partial charge in [0.25, 0.3) is 0 Å². The second-order valence-electron chi connectivity index (χ2n) is 4.47. The first-order valence-electron chi connectivity index (χ1n) is 5.14. The van der Waals surface area contributed by atoms with Crippen LogP contribution in [0.5, 0.6) is 0 Å². The Morgan fingerprint density at radius 1 is 1.50 bits per heavy atom. The Bertz CT molecular complexity index is 390. The van der Waals surface area contributed by atoms with E-state index in [0.29, 0.717) is 5.76 Å². The molecule has 1 heterocycles. The van der Waals surface area contributed by atoms with Gasteiger partial charge in [-0.3, -0.25) is 0 Å². The molecule has 0 saturated carbocycles. The van der Waals surface area contributed by atoms with E-state index in [1.807, 2.05) is 19.9 Å². The Kier molecular flexibility index (Phi) is 3.43. The zero-order valence-corrected chi connectivity index (χ0v) is 10.3. The molecule has 1 atom stereocenters. The molecule has 0 fully saturated rings. The minimum Gasteiger partial charge on any atom is -0.467 e. The Balaban J connectivity index is 3.10. The number of hydrogen-bond donors (Lipinski definition) is 1. The molecule has 0 aliphatic rings. The maximum atomic E-state index is 11.3. The van der Waals surface area contributed by atoms with Crippen molar-refractivity contribution in [1.82, 2.24) is 0 Å². The van der Waals surface area contributed by atoms with Crippen molar-refractivity contribution < 1.29 is 19.1 Å². The van der Waals surface area contributed by atoms with Gasteiger partial charge >= 0.3 is 5.97 Å². The zero-order chi connectivity index (χ0) is 12.5. The fraction of sp³-hybridized carbons (Fsp3) is 0.583. The van der Waals surface area contributed by atoms with Crippen LogP contribution in [0.1, 0.15) is 30.9 Å². The summed E-state index contributed by atoms with van der Waals surface area (Å²) in [6, 6.07) is 1.83. The highest BCUT2D eigenvalue weighted by Gasteiger charge is 2.38. The lowest BCUT2D eigenvalue weighted by atomic mass is 9.79. The van der Waals surface area contributed by atoms with Crippen molar-refractivity contribution >= 4 is 5.97 Å². The molecule has 1 N–H and O–H groups in total. The van der Waals surface area contributed by atoms with E-state index in [4.69, 9.17) is 4.42 Å². The number of hydrogen-bond acceptors (Lipinski definition) is 4. The third-order valence-electron chi connectivity index (χ3n) is 2.84. The average Bonchev–Trinajstić information content (AvgIpc) is 2.56. The van der Waals surface area contributed by atoms with Gasteiger partial charge in [-0.2, -0.15) is 0 Å². The van der Waals surface area contributed by atoms with Crippen molar-refractivity contribution in [3.05, 3.63) is 23.2 Å². The fourth-order valence-corrected chi connectivity index (χ4v) is 1.82. The number of carbonyl (C=O) groups excluding carboxylic acids is 1. The molecular formula is C12H18O4. The second kappa shape index (κ2) is 4.29. The van der Waals surface area contributed by atoms with Gasteiger partial charge in [0, 0.05) is 11.0 Å². The van der Waals surface area contributed by atoms with Crippen LogP contribution in [0, 0.1) is 13.8 Å². The lowest BCUT2D eigenvalue weighted by molar-refractivity contribution is -0.153. The number of carbonyl (C=O) groups is 1. The summed E-state index contributed by atoms with van der Waals surface area (Å²) in [6.45, 7) is 7.21. The van der Waals surface area contributed by atoms with Crippen LogP contribution in [0.25, 0.3) is 0 Å². The Labute approximate surface area is 95.2 Å². The van der Waals surface area contributed by atoms with Crippen molar-refractivity contribution in [1.29, 1.82) is 0 Å². The Morgan fingerprint density at radius 2 is 2.06 bits per heavy atom. The lowest BCUT2D eigenvalue weighted by Gasteiger charge is -2.28. The van der Waals surface area contributed by atoms with Crippen LogP contribution in [0.3, 0.4) is 0 Å². The number of furan rings is 1. The Hall–Kier alpha value is -1.29. The van der Waals surface area contributed by atoms with E-state index in [9.17, 15) is 9.90 Å². The molecule has 4 heteroatoms. The predicted molar refractivity (Wildman–Crippen MR) is 59.2 cm³/mol. The molecule has 0 aliphatic heterocycles. The molecule has 0 spiro atoms. The molecule has 1 unspecified atom stereocenters. The maximum Gasteiger partial charge on any atom is 0.335 e. The summed E-state index contributed by atoms with van der Waals surface area (Å²) in [5.41, 5.74) is 0.0949. The topological polar surface area (TPSA) is 59.7 Å². The third kappa shape index (κ3) is 2.11. The van der Waals surface area contributed by atoms with Gasteiger partial charge < -0.3 is 14.3 Å². The van der Waals surface area contributed by atoms with Gasteiger partial charge in [0.2, 0.25) is 0 Å². The monoisotopic (exact) mass is 226 g/mol. The summed E-state index contributed by atoms with van der Waals surface area (Å²) in [6.07, 6.45) is -1.20. The first kappa shape index (κ1) is 12.8. The number of esters is 1. The molecule has 0 radical (unpaired) electrons. The van der Waals surface area contributed by atoms with Crippen LogP contribution in [0.2, 0.25) is 0 Å². The number of methoxy groups -OCH3 is 1. The highest BCUT2D eigenvalue weighted by atomic mass is 16.5. The largest absolute Gasteiger partial charge is 0.467 e. The smallest absolute Gasteiger partial charge is 0.335 e. The van der Waals surface area contributed by atoms with Crippen molar-refractivity contribution in [2.75, 3.05) is 7.11 Å². The first-order valence-corrected chi connectivity index (χ1v) is 5.14. The average molecular weight is 226 g/mol. The highest BCUT2D eigenvalue weighted by molar-refractivity contribution is 5.76. The van der Waals surface area contributed by atoms with Crippen molar-refractivity contribution in [3.63, 3.8) is 0 Å². The van der Waals surface area contributed by atoms with Gasteiger partial charge in [0.15, 0.2) is 6.10 Å². The van der Waals surface area contributed by atoms with E-state index in [-0.39, 0.29) is 0 Å². The lowest BCUT2D eigenvalue weighted by Crippen LogP contribution is -2.40. The number of rotatable bonds is 3. The van der Waals surface area contributed by atoms with E-state index in [0.717, 1.165) is 11.3 Å². The van der Waals surface area contributed by atoms with Crippen LogP contribution in [0.4, 0.5) is 0 Å². The summed E-state index contributed by atoms with van der Waals surface area (Å²) in [7, 11) is 1.26. The first-order chi connectivity index (χ1) is 7.30. The molecule has 0 aromatic carbocycles. The Morgan fingerprint density at radius 3 is 2.44 bits per heavy atom. The minimum atomic E-state index is -1.20. The molecule has 1 aromatic rings. The van der Waals surface area contributed by atoms with Crippen molar-refractivity contribution in [2.45, 2.75) is 39.2 Å². The molecule has 1 aromatic heterocycles. The van der Waals surface area contributed by atoms with Gasteiger partial charge in [-0.1, -0.05) is 13.8 Å². The van der Waals surface area contributed by atoms with Crippen LogP contribution in [-0.4, -0.2) is 24.3 Å². The van der Waals surface area contributed by atoms with Crippen molar-refractivity contribution in [2.24, 2.45) is 0 Å². The molecule has 0 bridgehead atoms. The van der Waals surface area contributed by atoms with E-state index in [2.05, 4.69) is 4.74 Å². The van der Waals surface area contributed by atoms with Gasteiger partial charge in [0.05, 0.1) is 7.11 Å². The summed E-state index contributed by atoms with van der Waals surface area (Å²) in [4.78, 5) is 11.3. The normalized spacial score (nSPS) is 13.6. The third-order valence-corrected chi connectivity index (χ3v) is 2.84. The van der Waals surface area contributed by atoms with Crippen LogP contribution in [-0.2, 0) is 14.9 Å². The molecular weight excluding hydrogens is 208 g/mol. The van der Waals surface area contributed by atoms with E-state index in [1.165, 1.54) is 7.11 Å². The zero-order valence-electron chi connectivity index (χ0n) is 10.3.